The summed E-state index contributed by atoms with van der Waals surface area (Å²) in [6, 6.07) is 12.2. The summed E-state index contributed by atoms with van der Waals surface area (Å²) in [5.74, 6) is 0.967. The van der Waals surface area contributed by atoms with Gasteiger partial charge in [0.15, 0.2) is 5.82 Å². The first-order valence-corrected chi connectivity index (χ1v) is 8.64. The number of nitrogen functional groups attached to an aromatic ring is 1. The first-order valence-electron chi connectivity index (χ1n) is 8.64. The summed E-state index contributed by atoms with van der Waals surface area (Å²) in [5, 5.41) is 3.33. The molecule has 0 aliphatic rings. The topological polar surface area (TPSA) is 103 Å². The molecule has 0 saturated heterocycles. The Morgan fingerprint density at radius 1 is 0.960 bits per heavy atom. The maximum absolute atomic E-state index is 5.82. The van der Waals surface area contributed by atoms with Crippen molar-refractivity contribution in [3.63, 3.8) is 0 Å². The summed E-state index contributed by atoms with van der Waals surface area (Å²) in [4.78, 5) is 13.4. The number of nitrogens with one attached hydrogen (secondary N) is 1. The molecule has 1 aromatic carbocycles. The van der Waals surface area contributed by atoms with Crippen LogP contribution in [-0.4, -0.2) is 21.5 Å². The fourth-order valence-electron chi connectivity index (χ4n) is 2.68. The predicted octanol–water partition coefficient (Wildman–Crippen LogP) is 2.87. The van der Waals surface area contributed by atoms with Gasteiger partial charge in [-0.1, -0.05) is 37.6 Å². The van der Waals surface area contributed by atoms with Crippen molar-refractivity contribution in [1.82, 2.24) is 15.0 Å². The lowest BCUT2D eigenvalue weighted by molar-refractivity contribution is 0.831. The number of fused-ring (bicyclic) bond motifs is 1. The zero-order valence-corrected chi connectivity index (χ0v) is 14.5. The molecule has 0 radical (unpaired) electrons. The molecule has 0 aliphatic heterocycles. The van der Waals surface area contributed by atoms with E-state index in [1.807, 2.05) is 12.1 Å². The van der Waals surface area contributed by atoms with Gasteiger partial charge in [0, 0.05) is 25.2 Å². The number of aromatic nitrogens is 3. The van der Waals surface area contributed by atoms with Crippen molar-refractivity contribution in [2.75, 3.05) is 17.6 Å². The minimum absolute atomic E-state index is 0.262. The molecule has 0 bridgehead atoms. The Kier molecular flexibility index (Phi) is 5.40. The van der Waals surface area contributed by atoms with Gasteiger partial charge in [0.05, 0.1) is 5.52 Å². The molecule has 0 unspecified atom stereocenters. The van der Waals surface area contributed by atoms with Crippen molar-refractivity contribution < 1.29 is 0 Å². The molecule has 3 aromatic rings. The van der Waals surface area contributed by atoms with E-state index in [9.17, 15) is 0 Å². The molecule has 3 rings (SSSR count). The molecule has 6 nitrogen and oxygen atoms in total. The van der Waals surface area contributed by atoms with Crippen LogP contribution < -0.4 is 16.8 Å². The molecule has 2 aromatic heterocycles. The lowest BCUT2D eigenvalue weighted by Crippen LogP contribution is -2.08. The van der Waals surface area contributed by atoms with Crippen molar-refractivity contribution >= 4 is 22.8 Å². The molecule has 25 heavy (non-hydrogen) atoms. The maximum atomic E-state index is 5.82. The number of anilines is 2. The highest BCUT2D eigenvalue weighted by Gasteiger charge is 2.09. The third-order valence-corrected chi connectivity index (χ3v) is 4.08. The number of nitrogens with two attached hydrogens (primary N) is 2. The van der Waals surface area contributed by atoms with Crippen molar-refractivity contribution in [2.45, 2.75) is 32.7 Å². The first-order chi connectivity index (χ1) is 12.2. The molecular formula is C19H24N6. The van der Waals surface area contributed by atoms with Gasteiger partial charge in [-0.15, -0.1) is 0 Å². The van der Waals surface area contributed by atoms with E-state index in [-0.39, 0.29) is 5.95 Å². The maximum Gasteiger partial charge on any atom is 0.222 e. The second kappa shape index (κ2) is 7.90. The van der Waals surface area contributed by atoms with Crippen LogP contribution in [0.15, 0.2) is 36.4 Å². The summed E-state index contributed by atoms with van der Waals surface area (Å²) in [7, 11) is 0. The molecule has 5 N–H and O–H groups in total. The Hall–Kier alpha value is -2.73. The Morgan fingerprint density at radius 3 is 2.44 bits per heavy atom. The lowest BCUT2D eigenvalue weighted by Gasteiger charge is -2.10. The molecule has 0 atom stereocenters. The molecule has 0 spiro atoms. The van der Waals surface area contributed by atoms with E-state index in [4.69, 9.17) is 16.5 Å². The van der Waals surface area contributed by atoms with Crippen LogP contribution in [0.25, 0.3) is 11.0 Å². The van der Waals surface area contributed by atoms with Crippen LogP contribution in [0.2, 0.25) is 0 Å². The SMILES string of the molecule is CCCCNc1nc(N)nc2ccc(Cc3ccc(CN)cc3)nc12. The summed E-state index contributed by atoms with van der Waals surface area (Å²) in [6.07, 6.45) is 2.93. The fraction of sp³-hybridized carbons (Fsp3) is 0.316. The van der Waals surface area contributed by atoms with E-state index in [1.165, 1.54) is 5.56 Å². The summed E-state index contributed by atoms with van der Waals surface area (Å²) < 4.78 is 0. The summed E-state index contributed by atoms with van der Waals surface area (Å²) >= 11 is 0. The number of nitrogens with zero attached hydrogens (tertiary/aromatic N) is 3. The summed E-state index contributed by atoms with van der Waals surface area (Å²) in [5.41, 5.74) is 16.3. The van der Waals surface area contributed by atoms with Gasteiger partial charge in [-0.05, 0) is 29.7 Å². The van der Waals surface area contributed by atoms with E-state index in [0.29, 0.717) is 12.4 Å². The number of hydrogen-bond acceptors (Lipinski definition) is 6. The molecule has 0 saturated carbocycles. The Bertz CT molecular complexity index is 844. The smallest absolute Gasteiger partial charge is 0.222 e. The van der Waals surface area contributed by atoms with Crippen molar-refractivity contribution in [3.8, 4) is 0 Å². The number of rotatable bonds is 7. The van der Waals surface area contributed by atoms with Gasteiger partial charge in [-0.3, -0.25) is 0 Å². The second-order valence-electron chi connectivity index (χ2n) is 6.08. The Morgan fingerprint density at radius 2 is 1.72 bits per heavy atom. The largest absolute Gasteiger partial charge is 0.368 e. The van der Waals surface area contributed by atoms with Crippen LogP contribution in [0.5, 0.6) is 0 Å². The van der Waals surface area contributed by atoms with Crippen LogP contribution in [-0.2, 0) is 13.0 Å². The van der Waals surface area contributed by atoms with Crippen molar-refractivity contribution in [2.24, 2.45) is 5.73 Å². The zero-order valence-electron chi connectivity index (χ0n) is 14.5. The molecule has 130 valence electrons. The Balaban J connectivity index is 1.88. The van der Waals surface area contributed by atoms with Gasteiger partial charge in [-0.2, -0.15) is 4.98 Å². The predicted molar refractivity (Wildman–Crippen MR) is 102 cm³/mol. The highest BCUT2D eigenvalue weighted by molar-refractivity contribution is 5.86. The van der Waals surface area contributed by atoms with Crippen LogP contribution in [0, 0.1) is 0 Å². The van der Waals surface area contributed by atoms with Gasteiger partial charge in [0.2, 0.25) is 5.95 Å². The molecule has 0 fully saturated rings. The highest BCUT2D eigenvalue weighted by Crippen LogP contribution is 2.21. The van der Waals surface area contributed by atoms with Crippen LogP contribution in [0.1, 0.15) is 36.6 Å². The van der Waals surface area contributed by atoms with Crippen molar-refractivity contribution in [3.05, 3.63) is 53.2 Å². The summed E-state index contributed by atoms with van der Waals surface area (Å²) in [6.45, 7) is 3.55. The van der Waals surface area contributed by atoms with Gasteiger partial charge in [-0.25, -0.2) is 9.97 Å². The average Bonchev–Trinajstić information content (AvgIpc) is 2.63. The number of benzene rings is 1. The van der Waals surface area contributed by atoms with E-state index in [2.05, 4.69) is 46.5 Å². The first kappa shape index (κ1) is 17.1. The standard InChI is InChI=1S/C19H24N6/c1-2-3-10-22-18-17-16(24-19(21)25-18)9-8-15(23-17)11-13-4-6-14(12-20)7-5-13/h4-9H,2-3,10-12,20H2,1H3,(H3,21,22,24,25). The fourth-order valence-corrected chi connectivity index (χ4v) is 2.68. The molecule has 2 heterocycles. The van der Waals surface area contributed by atoms with Gasteiger partial charge in [0.1, 0.15) is 5.52 Å². The second-order valence-corrected chi connectivity index (χ2v) is 6.08. The van der Waals surface area contributed by atoms with Crippen LogP contribution in [0.3, 0.4) is 0 Å². The molecule has 6 heteroatoms. The third kappa shape index (κ3) is 4.22. The van der Waals surface area contributed by atoms with Gasteiger partial charge in [0.25, 0.3) is 0 Å². The van der Waals surface area contributed by atoms with E-state index in [0.717, 1.165) is 48.1 Å². The number of hydrogen-bond donors (Lipinski definition) is 3. The lowest BCUT2D eigenvalue weighted by atomic mass is 10.1. The van der Waals surface area contributed by atoms with Gasteiger partial charge >= 0.3 is 0 Å². The zero-order chi connectivity index (χ0) is 17.6. The average molecular weight is 336 g/mol. The minimum Gasteiger partial charge on any atom is -0.368 e. The highest BCUT2D eigenvalue weighted by atomic mass is 15.1. The van der Waals surface area contributed by atoms with E-state index in [1.54, 1.807) is 0 Å². The van der Waals surface area contributed by atoms with Crippen molar-refractivity contribution in [1.29, 1.82) is 0 Å². The van der Waals surface area contributed by atoms with E-state index < -0.39 is 0 Å². The van der Waals surface area contributed by atoms with Crippen LogP contribution in [0.4, 0.5) is 11.8 Å². The normalized spacial score (nSPS) is 11.0. The Labute approximate surface area is 147 Å². The third-order valence-electron chi connectivity index (χ3n) is 4.08. The van der Waals surface area contributed by atoms with Gasteiger partial charge < -0.3 is 16.8 Å². The minimum atomic E-state index is 0.262. The number of unbranched alkanes of at least 4 members (excludes halogenated alkanes) is 1. The van der Waals surface area contributed by atoms with Crippen LogP contribution >= 0.6 is 0 Å². The monoisotopic (exact) mass is 336 g/mol. The quantitative estimate of drug-likeness (QED) is 0.573. The molecular weight excluding hydrogens is 312 g/mol. The molecule has 0 aliphatic carbocycles. The number of pyridine rings is 1. The molecule has 0 amide bonds. The van der Waals surface area contributed by atoms with E-state index >= 15 is 0 Å².